The van der Waals surface area contributed by atoms with E-state index in [1.165, 1.54) is 6.21 Å². The summed E-state index contributed by atoms with van der Waals surface area (Å²) in [6.07, 6.45) is 1.35. The molecular formula is C29H22Br2N2O4. The van der Waals surface area contributed by atoms with Crippen molar-refractivity contribution in [3.05, 3.63) is 134 Å². The third-order valence-corrected chi connectivity index (χ3v) is 6.61. The summed E-state index contributed by atoms with van der Waals surface area (Å²) in [5.41, 5.74) is 3.01. The molecule has 0 fully saturated rings. The smallest absolute Gasteiger partial charge is 0.343 e. The van der Waals surface area contributed by atoms with Gasteiger partial charge in [0.1, 0.15) is 0 Å². The summed E-state index contributed by atoms with van der Waals surface area (Å²) in [4.78, 5) is 26.1. The second kappa shape index (κ2) is 11.6. The van der Waals surface area contributed by atoms with Gasteiger partial charge in [-0.2, -0.15) is 5.10 Å². The predicted molar refractivity (Wildman–Crippen MR) is 150 cm³/mol. The molecule has 0 aliphatic carbocycles. The van der Waals surface area contributed by atoms with Crippen LogP contribution in [-0.2, 0) is 10.4 Å². The molecule has 0 aromatic heterocycles. The topological polar surface area (TPSA) is 88.0 Å². The highest BCUT2D eigenvalue weighted by molar-refractivity contribution is 9.11. The first kappa shape index (κ1) is 26.5. The van der Waals surface area contributed by atoms with E-state index in [1.807, 2.05) is 13.0 Å². The molecule has 0 unspecified atom stereocenters. The number of aliphatic hydroxyl groups is 1. The highest BCUT2D eigenvalue weighted by Gasteiger charge is 2.39. The third kappa shape index (κ3) is 6.05. The van der Waals surface area contributed by atoms with Gasteiger partial charge in [0.2, 0.25) is 0 Å². The quantitative estimate of drug-likeness (QED) is 0.113. The molecule has 37 heavy (non-hydrogen) atoms. The molecule has 0 heterocycles. The number of aryl methyl sites for hydroxylation is 1. The van der Waals surface area contributed by atoms with Gasteiger partial charge in [0, 0.05) is 10.0 Å². The lowest BCUT2D eigenvalue weighted by Gasteiger charge is -2.27. The molecule has 0 spiro atoms. The molecule has 2 N–H and O–H groups in total. The Morgan fingerprint density at radius 3 is 2.11 bits per heavy atom. The Morgan fingerprint density at radius 1 is 0.892 bits per heavy atom. The molecule has 1 amide bonds. The molecule has 0 radical (unpaired) electrons. The first-order chi connectivity index (χ1) is 17.8. The van der Waals surface area contributed by atoms with Crippen molar-refractivity contribution in [3.63, 3.8) is 0 Å². The van der Waals surface area contributed by atoms with E-state index in [0.717, 1.165) is 5.56 Å². The van der Waals surface area contributed by atoms with Crippen LogP contribution in [0.5, 0.6) is 5.75 Å². The minimum Gasteiger partial charge on any atom is -0.421 e. The van der Waals surface area contributed by atoms with Crippen LogP contribution in [0.2, 0.25) is 0 Å². The summed E-state index contributed by atoms with van der Waals surface area (Å²) >= 11 is 6.85. The highest BCUT2D eigenvalue weighted by atomic mass is 79.9. The number of nitrogens with zero attached hydrogens (tertiary/aromatic N) is 1. The van der Waals surface area contributed by atoms with Gasteiger partial charge in [0.15, 0.2) is 11.4 Å². The second-order valence-corrected chi connectivity index (χ2v) is 9.98. The summed E-state index contributed by atoms with van der Waals surface area (Å²) < 4.78 is 6.89. The van der Waals surface area contributed by atoms with E-state index in [2.05, 4.69) is 42.4 Å². The van der Waals surface area contributed by atoms with Gasteiger partial charge in [0.25, 0.3) is 5.91 Å². The summed E-state index contributed by atoms with van der Waals surface area (Å²) in [6, 6.07) is 27.8. The summed E-state index contributed by atoms with van der Waals surface area (Å²) in [5, 5.41) is 15.6. The Labute approximate surface area is 231 Å². The molecule has 0 aliphatic rings. The summed E-state index contributed by atoms with van der Waals surface area (Å²) in [6.45, 7) is 1.89. The zero-order valence-electron chi connectivity index (χ0n) is 19.7. The maximum Gasteiger partial charge on any atom is 0.343 e. The van der Waals surface area contributed by atoms with Crippen LogP contribution in [0, 0.1) is 6.92 Å². The van der Waals surface area contributed by atoms with Crippen LogP contribution in [0.15, 0.2) is 111 Å². The van der Waals surface area contributed by atoms with Crippen molar-refractivity contribution in [1.29, 1.82) is 0 Å². The van der Waals surface area contributed by atoms with Crippen LogP contribution in [0.3, 0.4) is 0 Å². The van der Waals surface area contributed by atoms with Gasteiger partial charge in [-0.3, -0.25) is 4.79 Å². The normalized spacial score (nSPS) is 11.4. The molecule has 4 aromatic rings. The van der Waals surface area contributed by atoms with Crippen molar-refractivity contribution >= 4 is 50.0 Å². The number of benzene rings is 4. The predicted octanol–water partition coefficient (Wildman–Crippen LogP) is 6.13. The monoisotopic (exact) mass is 620 g/mol. The number of nitrogens with one attached hydrogen (secondary N) is 1. The zero-order valence-corrected chi connectivity index (χ0v) is 22.9. The van der Waals surface area contributed by atoms with Gasteiger partial charge in [-0.1, -0.05) is 94.3 Å². The van der Waals surface area contributed by atoms with Crippen molar-refractivity contribution in [2.45, 2.75) is 12.5 Å². The van der Waals surface area contributed by atoms with Gasteiger partial charge >= 0.3 is 5.97 Å². The molecule has 8 heteroatoms. The number of halogens is 2. The summed E-state index contributed by atoms with van der Waals surface area (Å²) in [5.74, 6) is -1.05. The molecule has 0 aliphatic heterocycles. The lowest BCUT2D eigenvalue weighted by atomic mass is 9.85. The van der Waals surface area contributed by atoms with Crippen LogP contribution in [0.4, 0.5) is 0 Å². The van der Waals surface area contributed by atoms with Crippen LogP contribution >= 0.6 is 31.9 Å². The molecule has 0 bridgehead atoms. The number of amides is 1. The number of hydrazone groups is 1. The molecule has 0 saturated carbocycles. The fourth-order valence-electron chi connectivity index (χ4n) is 3.74. The van der Waals surface area contributed by atoms with Crippen molar-refractivity contribution < 1.29 is 19.4 Å². The maximum atomic E-state index is 13.3. The first-order valence-corrected chi connectivity index (χ1v) is 12.8. The van der Waals surface area contributed by atoms with E-state index in [9.17, 15) is 14.7 Å². The van der Waals surface area contributed by atoms with Crippen LogP contribution < -0.4 is 10.2 Å². The van der Waals surface area contributed by atoms with Crippen LogP contribution in [-0.4, -0.2) is 23.2 Å². The van der Waals surface area contributed by atoms with Crippen molar-refractivity contribution in [2.75, 3.05) is 0 Å². The lowest BCUT2D eigenvalue weighted by molar-refractivity contribution is -0.136. The number of carbonyl (C=O) groups is 2. The Kier molecular flexibility index (Phi) is 8.33. The minimum absolute atomic E-state index is 0.231. The van der Waals surface area contributed by atoms with Gasteiger partial charge in [-0.15, -0.1) is 0 Å². The van der Waals surface area contributed by atoms with E-state index in [4.69, 9.17) is 4.74 Å². The van der Waals surface area contributed by atoms with Crippen LogP contribution in [0.1, 0.15) is 32.6 Å². The fourth-order valence-corrected chi connectivity index (χ4v) is 5.08. The molecular weight excluding hydrogens is 600 g/mol. The second-order valence-electron chi connectivity index (χ2n) is 8.21. The van der Waals surface area contributed by atoms with E-state index in [1.54, 1.807) is 91.0 Å². The highest BCUT2D eigenvalue weighted by Crippen LogP contribution is 2.33. The summed E-state index contributed by atoms with van der Waals surface area (Å²) in [7, 11) is 0. The number of carbonyl (C=O) groups excluding carboxylic acids is 2. The lowest BCUT2D eigenvalue weighted by Crippen LogP contribution is -2.43. The molecule has 6 nitrogen and oxygen atoms in total. The average molecular weight is 622 g/mol. The van der Waals surface area contributed by atoms with Gasteiger partial charge in [-0.25, -0.2) is 10.2 Å². The SMILES string of the molecule is Cc1cccc(C(=O)Oc2c(Br)cc(Br)cc2/C=N\NC(=O)C(O)(c2ccccc2)c2ccccc2)c1. The fraction of sp³-hybridized carbons (Fsp3) is 0.0690. The molecule has 4 rings (SSSR count). The minimum atomic E-state index is -1.97. The van der Waals surface area contributed by atoms with Crippen molar-refractivity contribution in [2.24, 2.45) is 5.10 Å². The Hall–Kier alpha value is -3.59. The largest absolute Gasteiger partial charge is 0.421 e. The third-order valence-electron chi connectivity index (χ3n) is 5.57. The first-order valence-electron chi connectivity index (χ1n) is 11.2. The van der Waals surface area contributed by atoms with Crippen LogP contribution in [0.25, 0.3) is 0 Å². The van der Waals surface area contributed by atoms with E-state index in [-0.39, 0.29) is 5.75 Å². The number of hydrogen-bond acceptors (Lipinski definition) is 5. The number of ether oxygens (including phenoxy) is 1. The molecule has 186 valence electrons. The standard InChI is InChI=1S/C29H22Br2N2O4/c1-19-9-8-10-20(15-19)27(34)37-26-21(16-24(30)17-25(26)31)18-32-33-28(35)29(36,22-11-4-2-5-12-22)23-13-6-3-7-14-23/h2-18,36H,1H3,(H,33,35)/b32-18-. The number of esters is 1. The van der Waals surface area contributed by atoms with Crippen molar-refractivity contribution in [3.8, 4) is 5.75 Å². The number of hydrogen-bond donors (Lipinski definition) is 2. The zero-order chi connectivity index (χ0) is 26.4. The van der Waals surface area contributed by atoms with Gasteiger partial charge in [0.05, 0.1) is 16.3 Å². The van der Waals surface area contributed by atoms with E-state index in [0.29, 0.717) is 31.2 Å². The van der Waals surface area contributed by atoms with E-state index >= 15 is 0 Å². The Morgan fingerprint density at radius 2 is 1.51 bits per heavy atom. The molecule has 0 saturated heterocycles. The Balaban J connectivity index is 1.62. The van der Waals surface area contributed by atoms with Gasteiger partial charge < -0.3 is 9.84 Å². The van der Waals surface area contributed by atoms with Gasteiger partial charge in [-0.05, 0) is 58.2 Å². The number of rotatable bonds is 7. The average Bonchev–Trinajstić information content (AvgIpc) is 2.90. The van der Waals surface area contributed by atoms with Crippen molar-refractivity contribution in [1.82, 2.24) is 5.43 Å². The van der Waals surface area contributed by atoms with E-state index < -0.39 is 17.5 Å². The maximum absolute atomic E-state index is 13.3. The Bertz CT molecular complexity index is 1420. The molecule has 4 aromatic carbocycles. The molecule has 0 atom stereocenters.